The summed E-state index contributed by atoms with van der Waals surface area (Å²) in [5, 5.41) is 0. The van der Waals surface area contributed by atoms with Gasteiger partial charge in [-0.05, 0) is 91.4 Å². The van der Waals surface area contributed by atoms with E-state index in [4.69, 9.17) is 18.9 Å². The van der Waals surface area contributed by atoms with E-state index in [0.717, 1.165) is 44.2 Å². The Morgan fingerprint density at radius 3 is 1.74 bits per heavy atom. The van der Waals surface area contributed by atoms with Crippen LogP contribution in [0.3, 0.4) is 0 Å². The number of benzene rings is 3. The number of piperidine rings is 1. The smallest absolute Gasteiger partial charge is 0.188 e. The molecule has 6 nitrogen and oxygen atoms in total. The first-order valence-electron chi connectivity index (χ1n) is 12.5. The molecule has 1 aliphatic rings. The van der Waals surface area contributed by atoms with Crippen molar-refractivity contribution in [3.63, 3.8) is 0 Å². The Hall–Kier alpha value is -2.75. The first-order chi connectivity index (χ1) is 19.0. The predicted octanol–water partition coefficient (Wildman–Crippen LogP) is 6.77. The van der Waals surface area contributed by atoms with Crippen molar-refractivity contribution in [2.75, 3.05) is 47.4 Å². The number of methoxy groups -OCH3 is 2. The van der Waals surface area contributed by atoms with Gasteiger partial charge in [-0.1, -0.05) is 42.5 Å². The highest BCUT2D eigenvalue weighted by Crippen LogP contribution is 2.30. The number of nitrogens with zero attached hydrogens (tertiary/aromatic N) is 1. The summed E-state index contributed by atoms with van der Waals surface area (Å²) in [6.07, 6.45) is 4.84. The second-order valence-electron chi connectivity index (χ2n) is 9.10. The van der Waals surface area contributed by atoms with Gasteiger partial charge in [-0.2, -0.15) is 0 Å². The molecule has 1 aliphatic heterocycles. The number of likely N-dealkylation sites (tertiary alicyclic amines) is 1. The summed E-state index contributed by atoms with van der Waals surface area (Å²) in [6.45, 7) is 2.33. The molecule has 0 atom stereocenters. The van der Waals surface area contributed by atoms with E-state index in [9.17, 15) is 4.79 Å². The van der Waals surface area contributed by atoms with E-state index in [1.54, 1.807) is 14.2 Å². The highest BCUT2D eigenvalue weighted by molar-refractivity contribution is 9.10. The summed E-state index contributed by atoms with van der Waals surface area (Å²) in [4.78, 5) is 16.0. The minimum absolute atomic E-state index is 0.0534. The number of ketones is 1. The maximum Gasteiger partial charge on any atom is 0.188 e. The number of carbonyl (C=O) groups excluding carboxylic acids is 1. The Morgan fingerprint density at radius 1 is 0.769 bits per heavy atom. The fourth-order valence-corrected chi connectivity index (χ4v) is 5.32. The van der Waals surface area contributed by atoms with E-state index in [-0.39, 0.29) is 19.4 Å². The van der Waals surface area contributed by atoms with Gasteiger partial charge in [0, 0.05) is 45.0 Å². The molecule has 0 saturated carbocycles. The molecule has 1 fully saturated rings. The molecule has 0 N–H and O–H groups in total. The third kappa shape index (κ3) is 8.37. The number of halogens is 2. The summed E-state index contributed by atoms with van der Waals surface area (Å²) < 4.78 is 22.7. The van der Waals surface area contributed by atoms with E-state index < -0.39 is 0 Å². The Balaban J connectivity index is 1.61. The van der Waals surface area contributed by atoms with E-state index in [1.165, 1.54) is 5.56 Å². The van der Waals surface area contributed by atoms with Crippen LogP contribution in [0.2, 0.25) is 0 Å². The quantitative estimate of drug-likeness (QED) is 0.168. The SMILES string of the molecule is COCOc1ccc(/C=C2\CN(CCc3ccccc3)C/C(=C\c3ccc(OCOC)c(Br)c3)C2=O)cc1Br. The maximum absolute atomic E-state index is 13.7. The molecule has 0 unspecified atom stereocenters. The highest BCUT2D eigenvalue weighted by atomic mass is 79.9. The van der Waals surface area contributed by atoms with Gasteiger partial charge in [0.1, 0.15) is 11.5 Å². The number of hydrogen-bond donors (Lipinski definition) is 0. The molecule has 1 heterocycles. The first-order valence-corrected chi connectivity index (χ1v) is 14.1. The lowest BCUT2D eigenvalue weighted by Gasteiger charge is -2.30. The van der Waals surface area contributed by atoms with Crippen LogP contribution in [0.4, 0.5) is 0 Å². The molecule has 8 heteroatoms. The van der Waals surface area contributed by atoms with Crippen molar-refractivity contribution in [2.45, 2.75) is 6.42 Å². The van der Waals surface area contributed by atoms with Crippen LogP contribution in [0, 0.1) is 0 Å². The Kier molecular flexibility index (Phi) is 10.9. The number of ether oxygens (including phenoxy) is 4. The lowest BCUT2D eigenvalue weighted by atomic mass is 9.94. The highest BCUT2D eigenvalue weighted by Gasteiger charge is 2.26. The van der Waals surface area contributed by atoms with Crippen molar-refractivity contribution in [1.29, 1.82) is 0 Å². The maximum atomic E-state index is 13.7. The van der Waals surface area contributed by atoms with Crippen LogP contribution in [0.15, 0.2) is 86.8 Å². The minimum atomic E-state index is 0.0534. The minimum Gasteiger partial charge on any atom is -0.466 e. The van der Waals surface area contributed by atoms with Crippen molar-refractivity contribution in [3.05, 3.63) is 104 Å². The molecule has 0 amide bonds. The monoisotopic (exact) mass is 655 g/mol. The Morgan fingerprint density at radius 2 is 1.28 bits per heavy atom. The number of hydrogen-bond acceptors (Lipinski definition) is 6. The van der Waals surface area contributed by atoms with Crippen molar-refractivity contribution in [2.24, 2.45) is 0 Å². The standard InChI is InChI=1S/C31H31Br2NO5/c1-36-20-38-29-10-8-23(16-27(29)32)14-25-18-34(13-12-22-6-4-3-5-7-22)19-26(31(25)35)15-24-9-11-30(28(33)17-24)39-21-37-2/h3-11,14-17H,12-13,18-21H2,1-2H3/b25-14+,26-15+. The van der Waals surface area contributed by atoms with E-state index in [0.29, 0.717) is 24.6 Å². The molecule has 1 saturated heterocycles. The average Bonchev–Trinajstić information content (AvgIpc) is 2.94. The van der Waals surface area contributed by atoms with Crippen LogP contribution in [-0.4, -0.2) is 58.1 Å². The molecule has 0 bridgehead atoms. The van der Waals surface area contributed by atoms with Gasteiger partial charge in [-0.15, -0.1) is 0 Å². The molecule has 0 spiro atoms. The lowest BCUT2D eigenvalue weighted by molar-refractivity contribution is -0.113. The van der Waals surface area contributed by atoms with Crippen LogP contribution in [-0.2, 0) is 20.7 Å². The Bertz CT molecular complexity index is 1260. The predicted molar refractivity (Wildman–Crippen MR) is 161 cm³/mol. The normalized spacial score (nSPS) is 16.2. The molecular formula is C31H31Br2NO5. The molecule has 0 aliphatic carbocycles. The Labute approximate surface area is 246 Å². The number of carbonyl (C=O) groups is 1. The van der Waals surface area contributed by atoms with Crippen LogP contribution in [0.5, 0.6) is 11.5 Å². The fraction of sp³-hybridized carbons (Fsp3) is 0.258. The van der Waals surface area contributed by atoms with Crippen LogP contribution in [0.25, 0.3) is 12.2 Å². The summed E-state index contributed by atoms with van der Waals surface area (Å²) in [6, 6.07) is 21.9. The summed E-state index contributed by atoms with van der Waals surface area (Å²) in [5.41, 5.74) is 4.61. The average molecular weight is 657 g/mol. The number of Topliss-reactive ketones (excluding diaryl/α,β-unsaturated/α-hetero) is 1. The van der Waals surface area contributed by atoms with Crippen molar-refractivity contribution < 1.29 is 23.7 Å². The van der Waals surface area contributed by atoms with Crippen molar-refractivity contribution in [1.82, 2.24) is 4.90 Å². The van der Waals surface area contributed by atoms with E-state index >= 15 is 0 Å². The molecule has 39 heavy (non-hydrogen) atoms. The zero-order chi connectivity index (χ0) is 27.6. The van der Waals surface area contributed by atoms with Crippen LogP contribution >= 0.6 is 31.9 Å². The van der Waals surface area contributed by atoms with Gasteiger partial charge in [-0.25, -0.2) is 0 Å². The zero-order valence-corrected chi connectivity index (χ0v) is 25.2. The second-order valence-corrected chi connectivity index (χ2v) is 10.8. The summed E-state index contributed by atoms with van der Waals surface area (Å²) in [7, 11) is 3.16. The summed E-state index contributed by atoms with van der Waals surface area (Å²) >= 11 is 7.13. The van der Waals surface area contributed by atoms with E-state index in [2.05, 4.69) is 61.0 Å². The third-order valence-corrected chi connectivity index (χ3v) is 7.43. The molecule has 3 aromatic carbocycles. The van der Waals surface area contributed by atoms with Crippen molar-refractivity contribution in [3.8, 4) is 11.5 Å². The number of rotatable bonds is 11. The lowest BCUT2D eigenvalue weighted by Crippen LogP contribution is -2.38. The van der Waals surface area contributed by atoms with Gasteiger partial charge in [0.2, 0.25) is 0 Å². The van der Waals surface area contributed by atoms with Crippen LogP contribution in [0.1, 0.15) is 16.7 Å². The largest absolute Gasteiger partial charge is 0.466 e. The van der Waals surface area contributed by atoms with Crippen LogP contribution < -0.4 is 9.47 Å². The first kappa shape index (κ1) is 29.2. The van der Waals surface area contributed by atoms with Gasteiger partial charge < -0.3 is 18.9 Å². The van der Waals surface area contributed by atoms with Gasteiger partial charge in [0.25, 0.3) is 0 Å². The van der Waals surface area contributed by atoms with E-state index in [1.807, 2.05) is 54.6 Å². The van der Waals surface area contributed by atoms with Gasteiger partial charge >= 0.3 is 0 Å². The van der Waals surface area contributed by atoms with Gasteiger partial charge in [-0.3, -0.25) is 9.69 Å². The fourth-order valence-electron chi connectivity index (χ4n) is 4.29. The molecule has 204 valence electrons. The molecule has 4 rings (SSSR count). The molecular weight excluding hydrogens is 626 g/mol. The summed E-state index contributed by atoms with van der Waals surface area (Å²) in [5.74, 6) is 1.42. The van der Waals surface area contributed by atoms with Gasteiger partial charge in [0.05, 0.1) is 8.95 Å². The molecule has 3 aromatic rings. The topological polar surface area (TPSA) is 57.2 Å². The zero-order valence-electron chi connectivity index (χ0n) is 22.0. The second kappa shape index (κ2) is 14.6. The molecule has 0 radical (unpaired) electrons. The third-order valence-electron chi connectivity index (χ3n) is 6.19. The van der Waals surface area contributed by atoms with Crippen molar-refractivity contribution >= 4 is 49.8 Å². The molecule has 0 aromatic heterocycles. The van der Waals surface area contributed by atoms with Gasteiger partial charge in [0.15, 0.2) is 19.4 Å².